The molecule has 0 fully saturated rings. The highest BCUT2D eigenvalue weighted by atomic mass is 32.1. The Hall–Kier alpha value is -3.34. The Bertz CT molecular complexity index is 1120. The van der Waals surface area contributed by atoms with Crippen LogP contribution < -0.4 is 11.1 Å². The zero-order valence-corrected chi connectivity index (χ0v) is 15.9. The molecule has 1 atom stereocenters. The van der Waals surface area contributed by atoms with Crippen LogP contribution in [0.15, 0.2) is 60.2 Å². The van der Waals surface area contributed by atoms with Crippen LogP contribution in [0.3, 0.4) is 0 Å². The Balaban J connectivity index is 1.62. The van der Waals surface area contributed by atoms with Gasteiger partial charge in [0.1, 0.15) is 17.4 Å². The van der Waals surface area contributed by atoms with Crippen LogP contribution in [0.5, 0.6) is 0 Å². The summed E-state index contributed by atoms with van der Waals surface area (Å²) in [5, 5.41) is 14.6. The predicted molar refractivity (Wildman–Crippen MR) is 112 cm³/mol. The van der Waals surface area contributed by atoms with Crippen molar-refractivity contribution < 1.29 is 0 Å². The number of anilines is 1. The summed E-state index contributed by atoms with van der Waals surface area (Å²) in [5.74, 6) is 1.26. The third-order valence-corrected chi connectivity index (χ3v) is 5.32. The minimum atomic E-state index is -0.0628. The van der Waals surface area contributed by atoms with E-state index < -0.39 is 0 Å². The average molecular weight is 386 g/mol. The van der Waals surface area contributed by atoms with E-state index in [1.807, 2.05) is 35.7 Å². The maximum atomic E-state index is 9.40. The molecule has 6 nitrogen and oxygen atoms in total. The second-order valence-corrected chi connectivity index (χ2v) is 7.28. The van der Waals surface area contributed by atoms with Gasteiger partial charge in [0.15, 0.2) is 5.82 Å². The number of rotatable bonds is 6. The molecule has 0 amide bonds. The molecule has 4 rings (SSSR count). The number of nitriles is 1. The maximum absolute atomic E-state index is 9.40. The first-order chi connectivity index (χ1) is 13.7. The monoisotopic (exact) mass is 386 g/mol. The van der Waals surface area contributed by atoms with Gasteiger partial charge >= 0.3 is 0 Å². The van der Waals surface area contributed by atoms with Crippen LogP contribution in [0, 0.1) is 11.3 Å². The lowest BCUT2D eigenvalue weighted by Gasteiger charge is -2.14. The van der Waals surface area contributed by atoms with Crippen LogP contribution in [0.2, 0.25) is 0 Å². The topological polar surface area (TPSA) is 101 Å². The van der Waals surface area contributed by atoms with Gasteiger partial charge in [-0.05, 0) is 24.1 Å². The van der Waals surface area contributed by atoms with Crippen molar-refractivity contribution >= 4 is 27.4 Å². The van der Waals surface area contributed by atoms with Crippen molar-refractivity contribution in [2.24, 2.45) is 5.73 Å². The Morgan fingerprint density at radius 3 is 2.64 bits per heavy atom. The lowest BCUT2D eigenvalue weighted by molar-refractivity contribution is 0.698. The maximum Gasteiger partial charge on any atom is 0.162 e. The van der Waals surface area contributed by atoms with E-state index in [1.54, 1.807) is 12.4 Å². The Labute approximate surface area is 166 Å². The van der Waals surface area contributed by atoms with Gasteiger partial charge in [0.25, 0.3) is 0 Å². The third-order valence-electron chi connectivity index (χ3n) is 4.35. The zero-order chi connectivity index (χ0) is 19.3. The van der Waals surface area contributed by atoms with Gasteiger partial charge in [0.2, 0.25) is 0 Å². The molecule has 0 saturated carbocycles. The van der Waals surface area contributed by atoms with Crippen molar-refractivity contribution in [3.63, 3.8) is 0 Å². The molecule has 0 bridgehead atoms. The normalized spacial score (nSPS) is 11.9. The van der Waals surface area contributed by atoms with Gasteiger partial charge in [-0.25, -0.2) is 9.97 Å². The summed E-state index contributed by atoms with van der Waals surface area (Å²) in [7, 11) is 0. The second kappa shape index (κ2) is 8.13. The van der Waals surface area contributed by atoms with Gasteiger partial charge < -0.3 is 11.1 Å². The number of hydrogen-bond acceptors (Lipinski definition) is 7. The fraction of sp³-hybridized carbons (Fsp3) is 0.143. The number of hydrogen-bond donors (Lipinski definition) is 2. The second-order valence-electron chi connectivity index (χ2n) is 6.40. The Morgan fingerprint density at radius 2 is 1.89 bits per heavy atom. The number of nitrogens with two attached hydrogens (primary N) is 1. The van der Waals surface area contributed by atoms with Crippen LogP contribution in [-0.4, -0.2) is 27.5 Å². The summed E-state index contributed by atoms with van der Waals surface area (Å²) >= 11 is 1.46. The lowest BCUT2D eigenvalue weighted by atomic mass is 10.1. The molecule has 28 heavy (non-hydrogen) atoms. The van der Waals surface area contributed by atoms with Crippen molar-refractivity contribution in [2.75, 3.05) is 11.9 Å². The summed E-state index contributed by atoms with van der Waals surface area (Å²) < 4.78 is 0.862. The summed E-state index contributed by atoms with van der Waals surface area (Å²) in [6.45, 7) is 0.566. The first-order valence-corrected chi connectivity index (χ1v) is 9.75. The molecule has 7 heteroatoms. The van der Waals surface area contributed by atoms with E-state index in [4.69, 9.17) is 10.7 Å². The van der Waals surface area contributed by atoms with Gasteiger partial charge in [0, 0.05) is 35.9 Å². The van der Waals surface area contributed by atoms with Crippen LogP contribution in [-0.2, 0) is 6.42 Å². The van der Waals surface area contributed by atoms with Crippen LogP contribution in [0.4, 0.5) is 5.82 Å². The van der Waals surface area contributed by atoms with Gasteiger partial charge in [-0.3, -0.25) is 4.98 Å². The quantitative estimate of drug-likeness (QED) is 0.525. The smallest absolute Gasteiger partial charge is 0.162 e. The number of thiophene rings is 1. The lowest BCUT2D eigenvalue weighted by Crippen LogP contribution is -2.31. The highest BCUT2D eigenvalue weighted by molar-refractivity contribution is 7.18. The minimum absolute atomic E-state index is 0.0628. The van der Waals surface area contributed by atoms with Crippen molar-refractivity contribution in [1.29, 1.82) is 5.26 Å². The largest absolute Gasteiger partial charge is 0.367 e. The average Bonchev–Trinajstić information content (AvgIpc) is 3.16. The highest BCUT2D eigenvalue weighted by Gasteiger charge is 2.15. The van der Waals surface area contributed by atoms with E-state index in [9.17, 15) is 5.26 Å². The van der Waals surface area contributed by atoms with Crippen molar-refractivity contribution in [2.45, 2.75) is 12.5 Å². The van der Waals surface area contributed by atoms with E-state index in [2.05, 4.69) is 33.5 Å². The highest BCUT2D eigenvalue weighted by Crippen LogP contribution is 2.31. The Kier molecular flexibility index (Phi) is 5.24. The van der Waals surface area contributed by atoms with Gasteiger partial charge in [-0.2, -0.15) is 5.26 Å². The number of nitrogens with one attached hydrogen (secondary N) is 1. The molecule has 0 aliphatic rings. The molecule has 0 aliphatic carbocycles. The first kappa shape index (κ1) is 18.0. The number of pyridine rings is 1. The number of fused-ring (bicyclic) bond motifs is 1. The number of benzene rings is 1. The van der Waals surface area contributed by atoms with E-state index in [-0.39, 0.29) is 6.04 Å². The number of nitrogens with zero attached hydrogens (tertiary/aromatic N) is 4. The van der Waals surface area contributed by atoms with Gasteiger partial charge in [-0.1, -0.05) is 30.3 Å². The molecule has 1 aromatic carbocycles. The molecular weight excluding hydrogens is 368 g/mol. The summed E-state index contributed by atoms with van der Waals surface area (Å²) in [4.78, 5) is 13.3. The summed E-state index contributed by atoms with van der Waals surface area (Å²) in [6, 6.07) is 16.0. The SMILES string of the molecule is N#Cc1csc2c(NC[C@@H](N)Cc3ccccc3)nc(-c3ccncc3)nc12. The van der Waals surface area contributed by atoms with Crippen LogP contribution >= 0.6 is 11.3 Å². The molecule has 3 heterocycles. The zero-order valence-electron chi connectivity index (χ0n) is 15.0. The fourth-order valence-electron chi connectivity index (χ4n) is 2.96. The molecule has 0 aliphatic heterocycles. The van der Waals surface area contributed by atoms with E-state index >= 15 is 0 Å². The van der Waals surface area contributed by atoms with Gasteiger partial charge in [0.05, 0.1) is 10.3 Å². The molecule has 138 valence electrons. The molecule has 0 saturated heterocycles. The minimum Gasteiger partial charge on any atom is -0.367 e. The third kappa shape index (κ3) is 3.83. The van der Waals surface area contributed by atoms with Crippen molar-refractivity contribution in [3.8, 4) is 17.5 Å². The predicted octanol–water partition coefficient (Wildman–Crippen LogP) is 3.61. The molecule has 0 unspecified atom stereocenters. The summed E-state index contributed by atoms with van der Waals surface area (Å²) in [6.07, 6.45) is 4.17. The molecular formula is C21H18N6S. The van der Waals surface area contributed by atoms with Crippen LogP contribution in [0.1, 0.15) is 11.1 Å². The molecule has 0 radical (unpaired) electrons. The summed E-state index contributed by atoms with van der Waals surface area (Å²) in [5.41, 5.74) is 9.58. The van der Waals surface area contributed by atoms with E-state index in [1.165, 1.54) is 16.9 Å². The molecule has 4 aromatic rings. The van der Waals surface area contributed by atoms with Crippen molar-refractivity contribution in [1.82, 2.24) is 15.0 Å². The van der Waals surface area contributed by atoms with E-state index in [0.29, 0.717) is 29.3 Å². The molecule has 0 spiro atoms. The molecule has 3 aromatic heterocycles. The van der Waals surface area contributed by atoms with Gasteiger partial charge in [-0.15, -0.1) is 11.3 Å². The molecule has 3 N–H and O–H groups in total. The first-order valence-electron chi connectivity index (χ1n) is 8.87. The van der Waals surface area contributed by atoms with E-state index in [0.717, 1.165) is 16.7 Å². The fourth-order valence-corrected chi connectivity index (χ4v) is 3.86. The van der Waals surface area contributed by atoms with Crippen molar-refractivity contribution in [3.05, 3.63) is 71.4 Å². The van der Waals surface area contributed by atoms with Crippen LogP contribution in [0.25, 0.3) is 21.6 Å². The number of aromatic nitrogens is 3. The standard InChI is InChI=1S/C21H18N6S/c22-11-16-13-28-19-18(16)26-20(15-6-8-24-9-7-15)27-21(19)25-12-17(23)10-14-4-2-1-3-5-14/h1-9,13,17H,10,12,23H2,(H,25,26,27)/t17-/m0/s1. The Morgan fingerprint density at radius 1 is 1.11 bits per heavy atom.